The maximum atomic E-state index is 12.4. The predicted molar refractivity (Wildman–Crippen MR) is 92.5 cm³/mol. The Bertz CT molecular complexity index is 713. The summed E-state index contributed by atoms with van der Waals surface area (Å²) in [6, 6.07) is 9.18. The van der Waals surface area contributed by atoms with E-state index >= 15 is 0 Å². The molecule has 1 aliphatic heterocycles. The van der Waals surface area contributed by atoms with Crippen molar-refractivity contribution in [1.82, 2.24) is 10.2 Å². The molecule has 0 unspecified atom stereocenters. The van der Waals surface area contributed by atoms with E-state index in [4.69, 9.17) is 0 Å². The van der Waals surface area contributed by atoms with Gasteiger partial charge in [-0.05, 0) is 42.0 Å². The smallest absolute Gasteiger partial charge is 0.406 e. The molecule has 2 aromatic rings. The molecule has 1 aromatic carbocycles. The summed E-state index contributed by atoms with van der Waals surface area (Å²) in [4.78, 5) is 15.7. The van der Waals surface area contributed by atoms with Crippen molar-refractivity contribution in [2.45, 2.75) is 6.36 Å². The van der Waals surface area contributed by atoms with Crippen LogP contribution in [0.15, 0.2) is 36.4 Å². The zero-order valence-corrected chi connectivity index (χ0v) is 14.6. The van der Waals surface area contributed by atoms with Crippen LogP contribution in [0.3, 0.4) is 0 Å². The number of carbonyl (C=O) groups is 1. The van der Waals surface area contributed by atoms with Gasteiger partial charge in [-0.1, -0.05) is 0 Å². The molecule has 4 nitrogen and oxygen atoms in total. The van der Waals surface area contributed by atoms with Gasteiger partial charge in [0.1, 0.15) is 5.75 Å². The lowest BCUT2D eigenvalue weighted by Crippen LogP contribution is -2.46. The highest BCUT2D eigenvalue weighted by molar-refractivity contribution is 7.17. The standard InChI is InChI=1S/C16H15F3N2O2S.ClH/c17-16(18,19)23-12-3-1-11(2-4-12)13-5-6-14(24-13)15(22)21-9-7-20-8-10-21;/h1-6,20H,7-10H2;1H. The van der Waals surface area contributed by atoms with Crippen molar-refractivity contribution in [3.63, 3.8) is 0 Å². The predicted octanol–water partition coefficient (Wildman–Crippen LogP) is 3.78. The number of halogens is 4. The number of nitrogens with zero attached hydrogens (tertiary/aromatic N) is 1. The summed E-state index contributed by atoms with van der Waals surface area (Å²) in [6.45, 7) is 2.92. The molecule has 0 aliphatic carbocycles. The van der Waals surface area contributed by atoms with Gasteiger partial charge >= 0.3 is 6.36 Å². The number of benzene rings is 1. The fraction of sp³-hybridized carbons (Fsp3) is 0.312. The molecule has 2 heterocycles. The molecule has 0 saturated carbocycles. The van der Waals surface area contributed by atoms with E-state index < -0.39 is 6.36 Å². The average Bonchev–Trinajstić information content (AvgIpc) is 3.04. The van der Waals surface area contributed by atoms with Gasteiger partial charge in [-0.15, -0.1) is 36.9 Å². The van der Waals surface area contributed by atoms with Crippen LogP contribution in [0, 0.1) is 0 Å². The molecule has 0 radical (unpaired) electrons. The third-order valence-electron chi connectivity index (χ3n) is 3.59. The van der Waals surface area contributed by atoms with Crippen molar-refractivity contribution in [1.29, 1.82) is 0 Å². The maximum absolute atomic E-state index is 12.4. The van der Waals surface area contributed by atoms with Gasteiger partial charge in [-0.25, -0.2) is 0 Å². The van der Waals surface area contributed by atoms with Crippen LogP contribution in [0.2, 0.25) is 0 Å². The highest BCUT2D eigenvalue weighted by Crippen LogP contribution is 2.31. The number of hydrogen-bond donors (Lipinski definition) is 1. The van der Waals surface area contributed by atoms with Gasteiger partial charge in [-0.3, -0.25) is 4.79 Å². The lowest BCUT2D eigenvalue weighted by molar-refractivity contribution is -0.274. The van der Waals surface area contributed by atoms with E-state index in [0.29, 0.717) is 18.0 Å². The Hall–Kier alpha value is -1.77. The van der Waals surface area contributed by atoms with Gasteiger partial charge in [0.2, 0.25) is 0 Å². The number of alkyl halides is 3. The lowest BCUT2D eigenvalue weighted by Gasteiger charge is -2.26. The molecule has 1 fully saturated rings. The molecule has 0 spiro atoms. The second-order valence-corrected chi connectivity index (χ2v) is 6.36. The Kier molecular flexibility index (Phi) is 6.31. The molecule has 25 heavy (non-hydrogen) atoms. The molecule has 3 rings (SSSR count). The van der Waals surface area contributed by atoms with Crippen LogP contribution >= 0.6 is 23.7 Å². The van der Waals surface area contributed by atoms with E-state index in [0.717, 1.165) is 23.5 Å². The van der Waals surface area contributed by atoms with Gasteiger partial charge in [0.25, 0.3) is 5.91 Å². The highest BCUT2D eigenvalue weighted by atomic mass is 35.5. The van der Waals surface area contributed by atoms with Crippen LogP contribution in [0.1, 0.15) is 9.67 Å². The lowest BCUT2D eigenvalue weighted by atomic mass is 10.2. The van der Waals surface area contributed by atoms with Crippen LogP contribution in [0.4, 0.5) is 13.2 Å². The first-order valence-electron chi connectivity index (χ1n) is 7.38. The van der Waals surface area contributed by atoms with Crippen LogP contribution in [-0.2, 0) is 0 Å². The summed E-state index contributed by atoms with van der Waals surface area (Å²) < 4.78 is 40.4. The molecule has 0 atom stereocenters. The molecule has 1 aliphatic rings. The Morgan fingerprint density at radius 1 is 1.08 bits per heavy atom. The minimum Gasteiger partial charge on any atom is -0.406 e. The van der Waals surface area contributed by atoms with Crippen LogP contribution in [0.5, 0.6) is 5.75 Å². The number of thiophene rings is 1. The third-order valence-corrected chi connectivity index (χ3v) is 4.72. The van der Waals surface area contributed by atoms with E-state index in [2.05, 4.69) is 10.1 Å². The number of nitrogens with one attached hydrogen (secondary N) is 1. The quantitative estimate of drug-likeness (QED) is 0.864. The van der Waals surface area contributed by atoms with Crippen LogP contribution in [-0.4, -0.2) is 43.3 Å². The van der Waals surface area contributed by atoms with E-state index in [9.17, 15) is 18.0 Å². The zero-order chi connectivity index (χ0) is 17.2. The Balaban J connectivity index is 0.00000225. The fourth-order valence-corrected chi connectivity index (χ4v) is 3.43. The van der Waals surface area contributed by atoms with Gasteiger partial charge in [-0.2, -0.15) is 0 Å². The Morgan fingerprint density at radius 3 is 2.32 bits per heavy atom. The Morgan fingerprint density at radius 2 is 1.72 bits per heavy atom. The number of amides is 1. The molecule has 1 amide bonds. The minimum absolute atomic E-state index is 0. The van der Waals surface area contributed by atoms with Crippen molar-refractivity contribution < 1.29 is 22.7 Å². The molecule has 9 heteroatoms. The first-order chi connectivity index (χ1) is 11.4. The van der Waals surface area contributed by atoms with Gasteiger partial charge < -0.3 is 15.0 Å². The molecule has 0 bridgehead atoms. The van der Waals surface area contributed by atoms with Gasteiger partial charge in [0.05, 0.1) is 4.88 Å². The molecule has 1 N–H and O–H groups in total. The summed E-state index contributed by atoms with van der Waals surface area (Å²) in [6.07, 6.45) is -4.70. The van der Waals surface area contributed by atoms with Crippen molar-refractivity contribution in [2.24, 2.45) is 0 Å². The summed E-state index contributed by atoms with van der Waals surface area (Å²) in [7, 11) is 0. The van der Waals surface area contributed by atoms with E-state index in [1.165, 1.54) is 23.5 Å². The van der Waals surface area contributed by atoms with E-state index in [1.54, 1.807) is 29.2 Å². The second kappa shape index (κ2) is 8.07. The monoisotopic (exact) mass is 392 g/mol. The first kappa shape index (κ1) is 19.6. The normalized spacial score (nSPS) is 14.8. The van der Waals surface area contributed by atoms with Crippen molar-refractivity contribution in [2.75, 3.05) is 26.2 Å². The SMILES string of the molecule is Cl.O=C(c1ccc(-c2ccc(OC(F)(F)F)cc2)s1)N1CCNCC1. The third kappa shape index (κ3) is 5.10. The summed E-state index contributed by atoms with van der Waals surface area (Å²) in [5.41, 5.74) is 0.744. The Labute approximate surface area is 153 Å². The van der Waals surface area contributed by atoms with Crippen molar-refractivity contribution >= 4 is 29.7 Å². The molecule has 1 aromatic heterocycles. The van der Waals surface area contributed by atoms with Gasteiger partial charge in [0.15, 0.2) is 0 Å². The van der Waals surface area contributed by atoms with Crippen molar-refractivity contribution in [3.05, 3.63) is 41.3 Å². The van der Waals surface area contributed by atoms with E-state index in [-0.39, 0.29) is 24.1 Å². The number of carbonyl (C=O) groups excluding carboxylic acids is 1. The van der Waals surface area contributed by atoms with Crippen molar-refractivity contribution in [3.8, 4) is 16.2 Å². The number of hydrogen-bond acceptors (Lipinski definition) is 4. The largest absolute Gasteiger partial charge is 0.573 e. The molecule has 1 saturated heterocycles. The highest BCUT2D eigenvalue weighted by Gasteiger charge is 2.31. The second-order valence-electron chi connectivity index (χ2n) is 5.28. The average molecular weight is 393 g/mol. The molecular weight excluding hydrogens is 377 g/mol. The maximum Gasteiger partial charge on any atom is 0.573 e. The summed E-state index contributed by atoms with van der Waals surface area (Å²) in [5.74, 6) is -0.273. The number of ether oxygens (including phenoxy) is 1. The van der Waals surface area contributed by atoms with Gasteiger partial charge in [0, 0.05) is 31.1 Å². The molecule has 136 valence electrons. The fourth-order valence-electron chi connectivity index (χ4n) is 2.45. The van der Waals surface area contributed by atoms with Crippen LogP contribution < -0.4 is 10.1 Å². The summed E-state index contributed by atoms with van der Waals surface area (Å²) in [5, 5.41) is 3.19. The van der Waals surface area contributed by atoms with Crippen LogP contribution in [0.25, 0.3) is 10.4 Å². The first-order valence-corrected chi connectivity index (χ1v) is 8.20. The van der Waals surface area contributed by atoms with E-state index in [1.807, 2.05) is 0 Å². The molecular formula is C16H16ClF3N2O2S. The number of rotatable bonds is 3. The summed E-state index contributed by atoms with van der Waals surface area (Å²) >= 11 is 1.33. The minimum atomic E-state index is -4.70. The topological polar surface area (TPSA) is 41.6 Å². The number of piperazine rings is 1. The zero-order valence-electron chi connectivity index (χ0n) is 13.0.